The predicted molar refractivity (Wildman–Crippen MR) is 81.2 cm³/mol. The fourth-order valence-electron chi connectivity index (χ4n) is 2.25. The molecule has 130 valence electrons. The first kappa shape index (κ1) is 19.4. The van der Waals surface area contributed by atoms with Crippen molar-refractivity contribution >= 4 is 5.97 Å². The second kappa shape index (κ2) is 9.45. The van der Waals surface area contributed by atoms with Crippen LogP contribution in [0, 0.1) is 5.92 Å². The van der Waals surface area contributed by atoms with E-state index in [1.54, 1.807) is 20.8 Å². The van der Waals surface area contributed by atoms with E-state index >= 15 is 0 Å². The van der Waals surface area contributed by atoms with Crippen LogP contribution in [0.15, 0.2) is 0 Å². The molecule has 6 nitrogen and oxygen atoms in total. The Morgan fingerprint density at radius 2 is 2.09 bits per heavy atom. The summed E-state index contributed by atoms with van der Waals surface area (Å²) in [5, 5.41) is 19.3. The molecule has 0 aliphatic carbocycles. The van der Waals surface area contributed by atoms with E-state index in [2.05, 4.69) is 0 Å². The van der Waals surface area contributed by atoms with E-state index in [4.69, 9.17) is 14.2 Å². The molecule has 22 heavy (non-hydrogen) atoms. The van der Waals surface area contributed by atoms with Crippen LogP contribution in [0.4, 0.5) is 0 Å². The molecular formula is C16H30O6. The highest BCUT2D eigenvalue weighted by Gasteiger charge is 2.27. The largest absolute Gasteiger partial charge is 0.460 e. The molecule has 0 saturated carbocycles. The van der Waals surface area contributed by atoms with Gasteiger partial charge in [-0.2, -0.15) is 0 Å². The third-order valence-electron chi connectivity index (χ3n) is 3.41. The first-order valence-corrected chi connectivity index (χ1v) is 8.07. The van der Waals surface area contributed by atoms with Gasteiger partial charge < -0.3 is 24.4 Å². The van der Waals surface area contributed by atoms with Gasteiger partial charge >= 0.3 is 5.97 Å². The topological polar surface area (TPSA) is 85.2 Å². The fraction of sp³-hybridized carbons (Fsp3) is 0.938. The molecule has 6 heteroatoms. The first-order chi connectivity index (χ1) is 10.3. The number of ether oxygens (including phenoxy) is 3. The SMILES string of the molecule is CC(C)(C)OC(=O)C(CO)CC(O)CCOC1CCCCO1. The summed E-state index contributed by atoms with van der Waals surface area (Å²) in [4.78, 5) is 11.9. The number of aliphatic hydroxyl groups is 2. The molecule has 0 spiro atoms. The van der Waals surface area contributed by atoms with E-state index in [0.29, 0.717) is 13.0 Å². The molecule has 1 saturated heterocycles. The highest BCUT2D eigenvalue weighted by Crippen LogP contribution is 2.17. The molecular weight excluding hydrogens is 288 g/mol. The second-order valence-electron chi connectivity index (χ2n) is 6.76. The average Bonchev–Trinajstić information content (AvgIpc) is 2.44. The highest BCUT2D eigenvalue weighted by atomic mass is 16.7. The van der Waals surface area contributed by atoms with Gasteiger partial charge in [0.15, 0.2) is 6.29 Å². The number of aliphatic hydroxyl groups excluding tert-OH is 2. The van der Waals surface area contributed by atoms with Crippen molar-refractivity contribution in [2.45, 2.75) is 70.9 Å². The number of carbonyl (C=O) groups is 1. The molecule has 1 aliphatic heterocycles. The molecule has 0 aromatic rings. The summed E-state index contributed by atoms with van der Waals surface area (Å²) >= 11 is 0. The van der Waals surface area contributed by atoms with Gasteiger partial charge in [0.1, 0.15) is 5.60 Å². The van der Waals surface area contributed by atoms with Crippen molar-refractivity contribution in [1.82, 2.24) is 0 Å². The van der Waals surface area contributed by atoms with Crippen LogP contribution in [0.1, 0.15) is 52.9 Å². The Morgan fingerprint density at radius 3 is 2.64 bits per heavy atom. The Balaban J connectivity index is 2.25. The molecule has 2 N–H and O–H groups in total. The Morgan fingerprint density at radius 1 is 1.36 bits per heavy atom. The zero-order chi connectivity index (χ0) is 16.6. The van der Waals surface area contributed by atoms with Gasteiger partial charge in [-0.3, -0.25) is 4.79 Å². The Kier molecular flexibility index (Phi) is 8.31. The summed E-state index contributed by atoms with van der Waals surface area (Å²) in [6.45, 7) is 6.07. The summed E-state index contributed by atoms with van der Waals surface area (Å²) in [5.74, 6) is -1.19. The van der Waals surface area contributed by atoms with Crippen LogP contribution in [0.2, 0.25) is 0 Å². The number of hydrogen-bond donors (Lipinski definition) is 2. The number of carbonyl (C=O) groups excluding carboxylic acids is 1. The van der Waals surface area contributed by atoms with E-state index in [1.807, 2.05) is 0 Å². The average molecular weight is 318 g/mol. The van der Waals surface area contributed by atoms with Crippen molar-refractivity contribution < 1.29 is 29.2 Å². The Bertz CT molecular complexity index is 319. The van der Waals surface area contributed by atoms with E-state index in [-0.39, 0.29) is 19.3 Å². The monoisotopic (exact) mass is 318 g/mol. The number of rotatable bonds is 8. The summed E-state index contributed by atoms with van der Waals surface area (Å²) in [6, 6.07) is 0. The van der Waals surface area contributed by atoms with Crippen molar-refractivity contribution in [1.29, 1.82) is 0 Å². The smallest absolute Gasteiger partial charge is 0.311 e. The van der Waals surface area contributed by atoms with Crippen LogP contribution in [-0.4, -0.2) is 54.0 Å². The summed E-state index contributed by atoms with van der Waals surface area (Å²) in [7, 11) is 0. The fourth-order valence-corrected chi connectivity index (χ4v) is 2.25. The maximum atomic E-state index is 11.9. The third-order valence-corrected chi connectivity index (χ3v) is 3.41. The summed E-state index contributed by atoms with van der Waals surface area (Å²) < 4.78 is 16.2. The molecule has 0 aromatic heterocycles. The summed E-state index contributed by atoms with van der Waals surface area (Å²) in [6.07, 6.45) is 2.72. The molecule has 1 rings (SSSR count). The van der Waals surface area contributed by atoms with Crippen molar-refractivity contribution in [2.75, 3.05) is 19.8 Å². The van der Waals surface area contributed by atoms with Gasteiger partial charge in [-0.15, -0.1) is 0 Å². The Hall–Kier alpha value is -0.690. The lowest BCUT2D eigenvalue weighted by Crippen LogP contribution is -2.33. The minimum atomic E-state index is -0.715. The lowest BCUT2D eigenvalue weighted by Gasteiger charge is -2.25. The van der Waals surface area contributed by atoms with Gasteiger partial charge in [0.25, 0.3) is 0 Å². The minimum Gasteiger partial charge on any atom is -0.460 e. The van der Waals surface area contributed by atoms with Gasteiger partial charge in [-0.05, 0) is 52.9 Å². The molecule has 1 heterocycles. The molecule has 3 unspecified atom stereocenters. The van der Waals surface area contributed by atoms with Gasteiger partial charge in [0, 0.05) is 6.61 Å². The zero-order valence-corrected chi connectivity index (χ0v) is 13.9. The Labute approximate surface area is 132 Å². The first-order valence-electron chi connectivity index (χ1n) is 8.07. The van der Waals surface area contributed by atoms with Crippen LogP contribution in [0.5, 0.6) is 0 Å². The van der Waals surface area contributed by atoms with Crippen LogP contribution >= 0.6 is 0 Å². The maximum absolute atomic E-state index is 11.9. The van der Waals surface area contributed by atoms with Crippen LogP contribution in [-0.2, 0) is 19.0 Å². The molecule has 0 aromatic carbocycles. The van der Waals surface area contributed by atoms with Gasteiger partial charge in [-0.1, -0.05) is 0 Å². The zero-order valence-electron chi connectivity index (χ0n) is 13.9. The van der Waals surface area contributed by atoms with Crippen molar-refractivity contribution in [3.8, 4) is 0 Å². The van der Waals surface area contributed by atoms with E-state index in [0.717, 1.165) is 25.9 Å². The van der Waals surface area contributed by atoms with E-state index < -0.39 is 23.6 Å². The predicted octanol–water partition coefficient (Wildman–Crippen LogP) is 1.62. The van der Waals surface area contributed by atoms with Gasteiger partial charge in [0.05, 0.1) is 25.2 Å². The molecule has 1 fully saturated rings. The molecule has 0 bridgehead atoms. The quantitative estimate of drug-likeness (QED) is 0.662. The summed E-state index contributed by atoms with van der Waals surface area (Å²) in [5.41, 5.74) is -0.600. The van der Waals surface area contributed by atoms with E-state index in [1.165, 1.54) is 0 Å². The van der Waals surface area contributed by atoms with Gasteiger partial charge in [0.2, 0.25) is 0 Å². The lowest BCUT2D eigenvalue weighted by molar-refractivity contribution is -0.168. The molecule has 0 radical (unpaired) electrons. The van der Waals surface area contributed by atoms with Gasteiger partial charge in [-0.25, -0.2) is 0 Å². The van der Waals surface area contributed by atoms with Crippen molar-refractivity contribution in [2.24, 2.45) is 5.92 Å². The molecule has 0 amide bonds. The normalized spacial score (nSPS) is 22.1. The molecule has 1 aliphatic rings. The second-order valence-corrected chi connectivity index (χ2v) is 6.76. The van der Waals surface area contributed by atoms with Crippen LogP contribution < -0.4 is 0 Å². The van der Waals surface area contributed by atoms with Crippen molar-refractivity contribution in [3.63, 3.8) is 0 Å². The van der Waals surface area contributed by atoms with Crippen LogP contribution in [0.25, 0.3) is 0 Å². The number of esters is 1. The van der Waals surface area contributed by atoms with Crippen molar-refractivity contribution in [3.05, 3.63) is 0 Å². The highest BCUT2D eigenvalue weighted by molar-refractivity contribution is 5.73. The van der Waals surface area contributed by atoms with E-state index in [9.17, 15) is 15.0 Å². The standard InChI is InChI=1S/C16H30O6/c1-16(2,3)22-15(19)12(11-17)10-13(18)7-9-21-14-6-4-5-8-20-14/h12-14,17-18H,4-11H2,1-3H3. The third kappa shape index (κ3) is 8.08. The van der Waals surface area contributed by atoms with Crippen LogP contribution in [0.3, 0.4) is 0 Å². The minimum absolute atomic E-state index is 0.167. The molecule has 3 atom stereocenters. The lowest BCUT2D eigenvalue weighted by atomic mass is 10.0. The number of hydrogen-bond acceptors (Lipinski definition) is 6. The maximum Gasteiger partial charge on any atom is 0.311 e.